The van der Waals surface area contributed by atoms with Gasteiger partial charge < -0.3 is 28.3 Å². The van der Waals surface area contributed by atoms with Crippen molar-refractivity contribution in [2.24, 2.45) is 0 Å². The molecule has 0 aliphatic heterocycles. The van der Waals surface area contributed by atoms with Gasteiger partial charge >= 0.3 is 23.9 Å². The number of methoxy groups -OCH3 is 4. The first-order valence-corrected chi connectivity index (χ1v) is 13.8. The lowest BCUT2D eigenvalue weighted by Crippen LogP contribution is -2.25. The van der Waals surface area contributed by atoms with Gasteiger partial charge in [0.25, 0.3) is 0 Å². The summed E-state index contributed by atoms with van der Waals surface area (Å²) >= 11 is 12.4. The van der Waals surface area contributed by atoms with Crippen LogP contribution < -0.4 is 4.90 Å². The van der Waals surface area contributed by atoms with Crippen LogP contribution in [0.4, 0.5) is 11.4 Å². The van der Waals surface area contributed by atoms with Gasteiger partial charge in [-0.15, -0.1) is 0 Å². The van der Waals surface area contributed by atoms with Crippen molar-refractivity contribution in [3.63, 3.8) is 0 Å². The van der Waals surface area contributed by atoms with Gasteiger partial charge in [0.05, 0.1) is 51.8 Å². The van der Waals surface area contributed by atoms with Crippen LogP contribution in [0.2, 0.25) is 10.0 Å². The Hall–Kier alpha value is -5.13. The molecule has 0 aliphatic rings. The summed E-state index contributed by atoms with van der Waals surface area (Å²) in [5.41, 5.74) is 0.254. The number of furan rings is 1. The van der Waals surface area contributed by atoms with Crippen LogP contribution in [-0.4, -0.2) is 57.3 Å². The third-order valence-corrected chi connectivity index (χ3v) is 6.96. The standard InChI is InChI=1S/C32H26Cl2N2O9/c1-41-24(37)17-22(30(38)42-2)26(23-7-5-6-16-35-23)36(21-14-12-20(34)13-15-21)27-25(31(39)43-3)29(32(40)44-4)45-28(27)18-8-10-19(33)11-9-18/h5-16H,17H2,1-4H3/b26-22+. The van der Waals surface area contributed by atoms with Crippen molar-refractivity contribution in [2.75, 3.05) is 33.3 Å². The average Bonchev–Trinajstić information content (AvgIpc) is 3.46. The molecule has 4 rings (SSSR count). The molecule has 0 radical (unpaired) electrons. The molecule has 0 fully saturated rings. The summed E-state index contributed by atoms with van der Waals surface area (Å²) in [7, 11) is 4.56. The number of anilines is 2. The van der Waals surface area contributed by atoms with Crippen molar-refractivity contribution in [1.29, 1.82) is 0 Å². The molecule has 2 heterocycles. The molecule has 0 saturated carbocycles. The predicted octanol–water partition coefficient (Wildman–Crippen LogP) is 6.51. The topological polar surface area (TPSA) is 134 Å². The normalized spacial score (nSPS) is 11.2. The summed E-state index contributed by atoms with van der Waals surface area (Å²) in [4.78, 5) is 58.7. The van der Waals surface area contributed by atoms with Crippen molar-refractivity contribution in [2.45, 2.75) is 6.42 Å². The minimum absolute atomic E-state index is 0.00671. The zero-order valence-corrected chi connectivity index (χ0v) is 26.0. The lowest BCUT2D eigenvalue weighted by atomic mass is 10.0. The lowest BCUT2D eigenvalue weighted by molar-refractivity contribution is -0.143. The molecule has 0 unspecified atom stereocenters. The molecule has 0 bridgehead atoms. The number of ether oxygens (including phenoxy) is 4. The largest absolute Gasteiger partial charge is 0.469 e. The summed E-state index contributed by atoms with van der Waals surface area (Å²) in [6.45, 7) is 0. The molecule has 0 atom stereocenters. The fraction of sp³-hybridized carbons (Fsp3) is 0.156. The van der Waals surface area contributed by atoms with E-state index in [1.165, 1.54) is 18.2 Å². The number of nitrogens with zero attached hydrogens (tertiary/aromatic N) is 2. The molecule has 2 aromatic heterocycles. The van der Waals surface area contributed by atoms with E-state index >= 15 is 0 Å². The number of halogens is 2. The highest BCUT2D eigenvalue weighted by Crippen LogP contribution is 2.47. The minimum Gasteiger partial charge on any atom is -0.469 e. The second-order valence-electron chi connectivity index (χ2n) is 9.07. The maximum atomic E-state index is 13.6. The Morgan fingerprint density at radius 1 is 0.778 bits per heavy atom. The molecular formula is C32H26Cl2N2O9. The van der Waals surface area contributed by atoms with Crippen molar-refractivity contribution < 1.29 is 42.5 Å². The van der Waals surface area contributed by atoms with E-state index < -0.39 is 36.1 Å². The Morgan fingerprint density at radius 2 is 1.40 bits per heavy atom. The summed E-state index contributed by atoms with van der Waals surface area (Å²) in [6.07, 6.45) is 0.906. The van der Waals surface area contributed by atoms with Gasteiger partial charge in [-0.1, -0.05) is 29.3 Å². The monoisotopic (exact) mass is 652 g/mol. The van der Waals surface area contributed by atoms with Gasteiger partial charge in [-0.25, -0.2) is 14.4 Å². The molecule has 45 heavy (non-hydrogen) atoms. The summed E-state index contributed by atoms with van der Waals surface area (Å²) in [5, 5.41) is 0.779. The Kier molecular flexibility index (Phi) is 10.6. The quantitative estimate of drug-likeness (QED) is 0.105. The van der Waals surface area contributed by atoms with E-state index in [1.807, 2.05) is 0 Å². The number of carbonyl (C=O) groups is 4. The SMILES string of the molecule is COC(=O)C/C(C(=O)OC)=C(/c1ccccn1)N(c1ccc(Cl)cc1)c1c(-c2ccc(Cl)cc2)oc(C(=O)OC)c1C(=O)OC. The number of hydrogen-bond acceptors (Lipinski definition) is 11. The van der Waals surface area contributed by atoms with E-state index in [2.05, 4.69) is 4.98 Å². The second kappa shape index (κ2) is 14.6. The molecule has 13 heteroatoms. The predicted molar refractivity (Wildman–Crippen MR) is 165 cm³/mol. The Bertz CT molecular complexity index is 1750. The number of benzene rings is 2. The van der Waals surface area contributed by atoms with Crippen LogP contribution in [0, 0.1) is 0 Å². The molecule has 0 amide bonds. The van der Waals surface area contributed by atoms with E-state index in [0.717, 1.165) is 21.3 Å². The smallest absolute Gasteiger partial charge is 0.374 e. The summed E-state index contributed by atoms with van der Waals surface area (Å²) in [6, 6.07) is 17.6. The van der Waals surface area contributed by atoms with Crippen LogP contribution >= 0.6 is 23.2 Å². The zero-order chi connectivity index (χ0) is 32.7. The highest BCUT2D eigenvalue weighted by molar-refractivity contribution is 6.31. The fourth-order valence-corrected chi connectivity index (χ4v) is 4.67. The van der Waals surface area contributed by atoms with Gasteiger partial charge in [-0.05, 0) is 60.7 Å². The average molecular weight is 653 g/mol. The third-order valence-electron chi connectivity index (χ3n) is 6.46. The van der Waals surface area contributed by atoms with Crippen LogP contribution in [-0.2, 0) is 28.5 Å². The first kappa shape index (κ1) is 32.8. The zero-order valence-electron chi connectivity index (χ0n) is 24.5. The van der Waals surface area contributed by atoms with E-state index in [0.29, 0.717) is 21.3 Å². The van der Waals surface area contributed by atoms with Crippen LogP contribution in [0.25, 0.3) is 17.0 Å². The van der Waals surface area contributed by atoms with Crippen molar-refractivity contribution in [1.82, 2.24) is 4.98 Å². The second-order valence-corrected chi connectivity index (χ2v) is 9.95. The van der Waals surface area contributed by atoms with E-state index in [4.69, 9.17) is 46.6 Å². The van der Waals surface area contributed by atoms with E-state index in [1.54, 1.807) is 66.7 Å². The number of pyridine rings is 1. The third kappa shape index (κ3) is 7.00. The highest BCUT2D eigenvalue weighted by Gasteiger charge is 2.38. The number of rotatable bonds is 10. The number of aromatic nitrogens is 1. The maximum absolute atomic E-state index is 13.6. The van der Waals surface area contributed by atoms with Gasteiger partial charge in [-0.2, -0.15) is 0 Å². The van der Waals surface area contributed by atoms with Gasteiger partial charge in [0, 0.05) is 27.5 Å². The molecule has 0 saturated heterocycles. The van der Waals surface area contributed by atoms with E-state index in [9.17, 15) is 19.2 Å². The first-order chi connectivity index (χ1) is 21.6. The van der Waals surface area contributed by atoms with Crippen LogP contribution in [0.1, 0.15) is 33.0 Å². The Labute approximate surface area is 267 Å². The van der Waals surface area contributed by atoms with Crippen molar-refractivity contribution in [3.8, 4) is 11.3 Å². The molecular weight excluding hydrogens is 627 g/mol. The molecule has 11 nitrogen and oxygen atoms in total. The fourth-order valence-electron chi connectivity index (χ4n) is 4.42. The van der Waals surface area contributed by atoms with Crippen molar-refractivity contribution >= 4 is 64.2 Å². The molecule has 4 aromatic rings. The molecule has 0 N–H and O–H groups in total. The van der Waals surface area contributed by atoms with Gasteiger partial charge in [-0.3, -0.25) is 9.78 Å². The lowest BCUT2D eigenvalue weighted by Gasteiger charge is -2.30. The maximum Gasteiger partial charge on any atom is 0.374 e. The van der Waals surface area contributed by atoms with E-state index in [-0.39, 0.29) is 34.0 Å². The molecule has 2 aromatic carbocycles. The summed E-state index contributed by atoms with van der Waals surface area (Å²) < 4.78 is 26.2. The minimum atomic E-state index is -0.987. The molecule has 0 spiro atoms. The number of hydrogen-bond donors (Lipinski definition) is 0. The van der Waals surface area contributed by atoms with Gasteiger partial charge in [0.15, 0.2) is 5.76 Å². The molecule has 232 valence electrons. The number of carbonyl (C=O) groups excluding carboxylic acids is 4. The van der Waals surface area contributed by atoms with Gasteiger partial charge in [0.2, 0.25) is 5.76 Å². The van der Waals surface area contributed by atoms with Crippen LogP contribution in [0.5, 0.6) is 0 Å². The number of esters is 4. The first-order valence-electron chi connectivity index (χ1n) is 13.1. The Balaban J connectivity index is 2.29. The molecule has 0 aliphatic carbocycles. The van der Waals surface area contributed by atoms with Crippen molar-refractivity contribution in [3.05, 3.63) is 106 Å². The Morgan fingerprint density at radius 3 is 1.93 bits per heavy atom. The van der Waals surface area contributed by atoms with Crippen LogP contribution in [0.3, 0.4) is 0 Å². The van der Waals surface area contributed by atoms with Crippen LogP contribution in [0.15, 0.2) is 82.9 Å². The van der Waals surface area contributed by atoms with Gasteiger partial charge in [0.1, 0.15) is 11.3 Å². The highest BCUT2D eigenvalue weighted by atomic mass is 35.5. The summed E-state index contributed by atoms with van der Waals surface area (Å²) in [5.74, 6) is -4.13.